The first-order valence-corrected chi connectivity index (χ1v) is 6.62. The molecule has 18 heavy (non-hydrogen) atoms. The number of hydrogen-bond acceptors (Lipinski definition) is 3. The minimum atomic E-state index is -0.813. The largest absolute Gasteiger partial charge is 0.489 e. The number of aliphatic hydroxyl groups is 2. The third-order valence-corrected chi connectivity index (χ3v) is 3.55. The lowest BCUT2D eigenvalue weighted by atomic mass is 9.99. The van der Waals surface area contributed by atoms with Crippen LogP contribution in [-0.2, 0) is 0 Å². The first kappa shape index (κ1) is 15.3. The van der Waals surface area contributed by atoms with Gasteiger partial charge in [-0.3, -0.25) is 0 Å². The Bertz CT molecular complexity index is 387. The molecule has 0 heterocycles. The van der Waals surface area contributed by atoms with Gasteiger partial charge in [-0.15, -0.1) is 0 Å². The van der Waals surface area contributed by atoms with Gasteiger partial charge in [-0.1, -0.05) is 31.5 Å². The number of halogens is 1. The highest BCUT2D eigenvalue weighted by molar-refractivity contribution is 6.32. The molecule has 0 unspecified atom stereocenters. The Morgan fingerprint density at radius 1 is 1.33 bits per heavy atom. The standard InChI is InChI=1S/C14H21ClO3/c1-4-14(17,5-2)9-18-13-7-6-11(10(3)16)8-12(13)15/h6-8,10,16-17H,4-5,9H2,1-3H3/t10-/m1/s1. The van der Waals surface area contributed by atoms with Gasteiger partial charge in [0.05, 0.1) is 16.7 Å². The Balaban J connectivity index is 2.74. The molecule has 1 atom stereocenters. The van der Waals surface area contributed by atoms with Crippen LogP contribution in [0.2, 0.25) is 5.02 Å². The molecule has 0 spiro atoms. The van der Waals surface area contributed by atoms with Gasteiger partial charge in [0, 0.05) is 0 Å². The van der Waals surface area contributed by atoms with E-state index in [0.29, 0.717) is 23.6 Å². The Morgan fingerprint density at radius 2 is 1.94 bits per heavy atom. The second-order valence-electron chi connectivity index (χ2n) is 4.59. The van der Waals surface area contributed by atoms with Crippen LogP contribution in [0.15, 0.2) is 18.2 Å². The summed E-state index contributed by atoms with van der Waals surface area (Å²) in [6.07, 6.45) is 0.708. The normalized spacial score (nSPS) is 13.4. The van der Waals surface area contributed by atoms with Crippen molar-refractivity contribution in [2.75, 3.05) is 6.61 Å². The maximum Gasteiger partial charge on any atom is 0.138 e. The van der Waals surface area contributed by atoms with Gasteiger partial charge in [-0.25, -0.2) is 0 Å². The number of aliphatic hydroxyl groups excluding tert-OH is 1. The zero-order chi connectivity index (χ0) is 13.8. The van der Waals surface area contributed by atoms with Gasteiger partial charge >= 0.3 is 0 Å². The molecule has 1 aromatic carbocycles. The average Bonchev–Trinajstić information content (AvgIpc) is 2.36. The SMILES string of the molecule is CCC(O)(CC)COc1ccc([C@@H](C)O)cc1Cl. The van der Waals surface area contributed by atoms with Crippen LogP contribution in [0.5, 0.6) is 5.75 Å². The maximum atomic E-state index is 10.1. The molecule has 2 N–H and O–H groups in total. The van der Waals surface area contributed by atoms with Crippen LogP contribution < -0.4 is 4.74 Å². The molecule has 0 saturated carbocycles. The number of hydrogen-bond donors (Lipinski definition) is 2. The van der Waals surface area contributed by atoms with Crippen molar-refractivity contribution in [2.45, 2.75) is 45.3 Å². The molecule has 0 saturated heterocycles. The molecular formula is C14H21ClO3. The quantitative estimate of drug-likeness (QED) is 0.835. The molecule has 0 aromatic heterocycles. The van der Waals surface area contributed by atoms with Gasteiger partial charge in [0.1, 0.15) is 12.4 Å². The molecule has 4 heteroatoms. The predicted octanol–water partition coefficient (Wildman–Crippen LogP) is 3.32. The van der Waals surface area contributed by atoms with Gasteiger partial charge in [0.2, 0.25) is 0 Å². The third-order valence-electron chi connectivity index (χ3n) is 3.25. The molecule has 0 aliphatic carbocycles. The highest BCUT2D eigenvalue weighted by Gasteiger charge is 2.23. The van der Waals surface area contributed by atoms with Crippen molar-refractivity contribution in [3.05, 3.63) is 28.8 Å². The van der Waals surface area contributed by atoms with E-state index in [4.69, 9.17) is 16.3 Å². The topological polar surface area (TPSA) is 49.7 Å². The lowest BCUT2D eigenvalue weighted by molar-refractivity contribution is -0.0113. The van der Waals surface area contributed by atoms with E-state index in [1.165, 1.54) is 0 Å². The highest BCUT2D eigenvalue weighted by Crippen LogP contribution is 2.29. The van der Waals surface area contributed by atoms with E-state index in [1.807, 2.05) is 13.8 Å². The molecule has 102 valence electrons. The molecule has 1 rings (SSSR count). The van der Waals surface area contributed by atoms with E-state index >= 15 is 0 Å². The summed E-state index contributed by atoms with van der Waals surface area (Å²) in [7, 11) is 0. The van der Waals surface area contributed by atoms with Crippen LogP contribution in [0.4, 0.5) is 0 Å². The van der Waals surface area contributed by atoms with E-state index in [2.05, 4.69) is 0 Å². The van der Waals surface area contributed by atoms with E-state index in [-0.39, 0.29) is 6.61 Å². The van der Waals surface area contributed by atoms with Crippen molar-refractivity contribution in [2.24, 2.45) is 0 Å². The average molecular weight is 273 g/mol. The van der Waals surface area contributed by atoms with Gasteiger partial charge < -0.3 is 14.9 Å². The van der Waals surface area contributed by atoms with Gasteiger partial charge in [-0.2, -0.15) is 0 Å². The molecular weight excluding hydrogens is 252 g/mol. The third kappa shape index (κ3) is 3.87. The molecule has 0 amide bonds. The minimum absolute atomic E-state index is 0.216. The van der Waals surface area contributed by atoms with Crippen LogP contribution in [0, 0.1) is 0 Å². The van der Waals surface area contributed by atoms with Crippen molar-refractivity contribution in [3.8, 4) is 5.75 Å². The summed E-state index contributed by atoms with van der Waals surface area (Å²) >= 11 is 6.07. The molecule has 0 fully saturated rings. The van der Waals surface area contributed by atoms with Crippen LogP contribution in [0.3, 0.4) is 0 Å². The second-order valence-corrected chi connectivity index (χ2v) is 4.99. The lowest BCUT2D eigenvalue weighted by Crippen LogP contribution is -2.34. The Kier molecular flexibility index (Phi) is 5.45. The van der Waals surface area contributed by atoms with Crippen molar-refractivity contribution in [3.63, 3.8) is 0 Å². The fraction of sp³-hybridized carbons (Fsp3) is 0.571. The van der Waals surface area contributed by atoms with Crippen LogP contribution >= 0.6 is 11.6 Å². The Labute approximate surface area is 113 Å². The summed E-state index contributed by atoms with van der Waals surface area (Å²) in [4.78, 5) is 0. The zero-order valence-electron chi connectivity index (χ0n) is 11.1. The summed E-state index contributed by atoms with van der Waals surface area (Å²) in [5, 5.41) is 20.0. The van der Waals surface area contributed by atoms with E-state index in [0.717, 1.165) is 5.56 Å². The fourth-order valence-corrected chi connectivity index (χ4v) is 1.80. The number of rotatable bonds is 6. The van der Waals surface area contributed by atoms with E-state index < -0.39 is 11.7 Å². The van der Waals surface area contributed by atoms with Gasteiger partial charge in [0.15, 0.2) is 0 Å². The monoisotopic (exact) mass is 272 g/mol. The minimum Gasteiger partial charge on any atom is -0.489 e. The van der Waals surface area contributed by atoms with E-state index in [1.54, 1.807) is 25.1 Å². The lowest BCUT2D eigenvalue weighted by Gasteiger charge is -2.25. The number of benzene rings is 1. The highest BCUT2D eigenvalue weighted by atomic mass is 35.5. The zero-order valence-corrected chi connectivity index (χ0v) is 11.9. The van der Waals surface area contributed by atoms with E-state index in [9.17, 15) is 10.2 Å². The molecule has 0 aliphatic rings. The molecule has 0 radical (unpaired) electrons. The first-order valence-electron chi connectivity index (χ1n) is 6.24. The maximum absolute atomic E-state index is 10.1. The van der Waals surface area contributed by atoms with Crippen molar-refractivity contribution < 1.29 is 14.9 Å². The Morgan fingerprint density at radius 3 is 2.39 bits per heavy atom. The van der Waals surface area contributed by atoms with Crippen LogP contribution in [-0.4, -0.2) is 22.4 Å². The molecule has 1 aromatic rings. The Hall–Kier alpha value is -0.770. The van der Waals surface area contributed by atoms with Crippen LogP contribution in [0.25, 0.3) is 0 Å². The fourth-order valence-electron chi connectivity index (χ4n) is 1.56. The molecule has 0 bridgehead atoms. The summed E-state index contributed by atoms with van der Waals surface area (Å²) in [6, 6.07) is 5.16. The van der Waals surface area contributed by atoms with Crippen molar-refractivity contribution in [1.29, 1.82) is 0 Å². The summed E-state index contributed by atoms with van der Waals surface area (Å²) in [6.45, 7) is 5.74. The molecule has 3 nitrogen and oxygen atoms in total. The van der Waals surface area contributed by atoms with Crippen molar-refractivity contribution in [1.82, 2.24) is 0 Å². The van der Waals surface area contributed by atoms with Gasteiger partial charge in [0.25, 0.3) is 0 Å². The summed E-state index contributed by atoms with van der Waals surface area (Å²) < 4.78 is 5.55. The summed E-state index contributed by atoms with van der Waals surface area (Å²) in [5.74, 6) is 0.529. The molecule has 0 aliphatic heterocycles. The van der Waals surface area contributed by atoms with Crippen LogP contribution in [0.1, 0.15) is 45.3 Å². The second kappa shape index (κ2) is 6.41. The summed E-state index contributed by atoms with van der Waals surface area (Å²) in [5.41, 5.74) is -0.0692. The smallest absolute Gasteiger partial charge is 0.138 e. The number of ether oxygens (including phenoxy) is 1. The predicted molar refractivity (Wildman–Crippen MR) is 73.1 cm³/mol. The first-order chi connectivity index (χ1) is 8.41. The van der Waals surface area contributed by atoms with Gasteiger partial charge in [-0.05, 0) is 37.5 Å². The van der Waals surface area contributed by atoms with Crippen molar-refractivity contribution >= 4 is 11.6 Å².